The summed E-state index contributed by atoms with van der Waals surface area (Å²) in [7, 11) is 0.869. The third-order valence-corrected chi connectivity index (χ3v) is 4.99. The van der Waals surface area contributed by atoms with Crippen LogP contribution in [0, 0.1) is 11.8 Å². The van der Waals surface area contributed by atoms with Crippen LogP contribution in [-0.4, -0.2) is 52.1 Å². The number of piperidine rings is 1. The lowest BCUT2D eigenvalue weighted by molar-refractivity contribution is -0.137. The topological polar surface area (TPSA) is 65.1 Å². The van der Waals surface area contributed by atoms with Crippen molar-refractivity contribution in [2.45, 2.75) is 32.1 Å². The van der Waals surface area contributed by atoms with Crippen molar-refractivity contribution in [1.29, 1.82) is 0 Å². The quantitative estimate of drug-likeness (QED) is 0.447. The van der Waals surface area contributed by atoms with Crippen LogP contribution in [0.2, 0.25) is 19.6 Å². The lowest BCUT2D eigenvalue weighted by atomic mass is 9.72. The Kier molecular flexibility index (Phi) is 4.89. The van der Waals surface area contributed by atoms with E-state index in [0.717, 1.165) is 6.42 Å². The number of ether oxygens (including phenoxy) is 2. The zero-order chi connectivity index (χ0) is 17.4. The van der Waals surface area contributed by atoms with Gasteiger partial charge in [-0.1, -0.05) is 12.7 Å². The maximum atomic E-state index is 12.1. The van der Waals surface area contributed by atoms with Gasteiger partial charge in [0.1, 0.15) is 0 Å². The third-order valence-electron chi connectivity index (χ3n) is 4.12. The van der Waals surface area contributed by atoms with Crippen molar-refractivity contribution in [1.82, 2.24) is 4.90 Å². The minimum absolute atomic E-state index is 0.0696. The standard InChI is InChI=1S/C16H25NO5Si/c1-10(22-23(4,5)6)12-7-11-8-13(15(18)20-2)14(12)17(9-11)16(19)21-3/h8,11-12,14H,1,7,9H2,2-6H3/t11-,12+,14+/m0/s1. The van der Waals surface area contributed by atoms with Crippen LogP contribution in [0.15, 0.2) is 24.0 Å². The minimum Gasteiger partial charge on any atom is -0.547 e. The van der Waals surface area contributed by atoms with Gasteiger partial charge in [0.15, 0.2) is 0 Å². The monoisotopic (exact) mass is 339 g/mol. The predicted molar refractivity (Wildman–Crippen MR) is 88.2 cm³/mol. The highest BCUT2D eigenvalue weighted by Gasteiger charge is 2.48. The van der Waals surface area contributed by atoms with E-state index in [4.69, 9.17) is 13.9 Å². The molecule has 0 radical (unpaired) electrons. The Morgan fingerprint density at radius 3 is 2.43 bits per heavy atom. The van der Waals surface area contributed by atoms with Crippen molar-refractivity contribution in [3.63, 3.8) is 0 Å². The Morgan fingerprint density at radius 2 is 1.91 bits per heavy atom. The number of rotatable bonds is 4. The summed E-state index contributed by atoms with van der Waals surface area (Å²) in [6.45, 7) is 10.8. The Balaban J connectivity index is 2.35. The summed E-state index contributed by atoms with van der Waals surface area (Å²) >= 11 is 0. The van der Waals surface area contributed by atoms with Gasteiger partial charge in [0.05, 0.1) is 31.6 Å². The number of nitrogens with zero attached hydrogens (tertiary/aromatic N) is 1. The summed E-state index contributed by atoms with van der Waals surface area (Å²) in [6.07, 6.45) is 2.27. The zero-order valence-electron chi connectivity index (χ0n) is 14.4. The molecule has 1 aliphatic carbocycles. The van der Waals surface area contributed by atoms with Gasteiger partial charge in [-0.05, 0) is 32.0 Å². The first-order valence-electron chi connectivity index (χ1n) is 7.70. The Bertz CT molecular complexity index is 551. The highest BCUT2D eigenvalue weighted by atomic mass is 28.4. The van der Waals surface area contributed by atoms with Gasteiger partial charge in [-0.25, -0.2) is 9.59 Å². The number of hydrogen-bond acceptors (Lipinski definition) is 5. The van der Waals surface area contributed by atoms with Gasteiger partial charge in [-0.15, -0.1) is 0 Å². The van der Waals surface area contributed by atoms with E-state index < -0.39 is 26.4 Å². The molecule has 1 fully saturated rings. The number of fused-ring (bicyclic) bond motifs is 2. The van der Waals surface area contributed by atoms with E-state index in [2.05, 4.69) is 26.2 Å². The van der Waals surface area contributed by atoms with Gasteiger partial charge < -0.3 is 13.9 Å². The fourth-order valence-electron chi connectivity index (χ4n) is 3.36. The van der Waals surface area contributed by atoms with Crippen LogP contribution in [0.1, 0.15) is 6.42 Å². The highest BCUT2D eigenvalue weighted by Crippen LogP contribution is 2.43. The maximum Gasteiger partial charge on any atom is 0.410 e. The van der Waals surface area contributed by atoms with E-state index >= 15 is 0 Å². The van der Waals surface area contributed by atoms with E-state index in [0.29, 0.717) is 17.9 Å². The van der Waals surface area contributed by atoms with Crippen molar-refractivity contribution < 1.29 is 23.5 Å². The molecule has 0 saturated carbocycles. The second-order valence-corrected chi connectivity index (χ2v) is 11.4. The molecule has 0 N–H and O–H groups in total. The summed E-state index contributed by atoms with van der Waals surface area (Å²) in [4.78, 5) is 25.9. The minimum atomic E-state index is -1.82. The van der Waals surface area contributed by atoms with Crippen molar-refractivity contribution >= 4 is 20.4 Å². The van der Waals surface area contributed by atoms with Crippen LogP contribution >= 0.6 is 0 Å². The lowest BCUT2D eigenvalue weighted by Crippen LogP contribution is -2.57. The summed E-state index contributed by atoms with van der Waals surface area (Å²) < 4.78 is 15.8. The molecule has 2 bridgehead atoms. The number of methoxy groups -OCH3 is 2. The smallest absolute Gasteiger partial charge is 0.410 e. The predicted octanol–water partition coefficient (Wildman–Crippen LogP) is 2.54. The second-order valence-electron chi connectivity index (χ2n) is 6.96. The zero-order valence-corrected chi connectivity index (χ0v) is 15.4. The molecule has 1 amide bonds. The molecule has 0 aromatic heterocycles. The van der Waals surface area contributed by atoms with Gasteiger partial charge in [-0.2, -0.15) is 0 Å². The van der Waals surface area contributed by atoms with E-state index in [1.165, 1.54) is 14.2 Å². The molecule has 2 aliphatic heterocycles. The molecule has 0 spiro atoms. The SMILES string of the molecule is C=C(O[Si](C)(C)C)[C@H]1C[C@H]2C=C(C(=O)OC)[C@@H]1N(C(=O)OC)C2. The molecular weight excluding hydrogens is 314 g/mol. The third kappa shape index (κ3) is 3.60. The molecule has 3 aliphatic rings. The second kappa shape index (κ2) is 6.39. The van der Waals surface area contributed by atoms with E-state index in [1.54, 1.807) is 4.90 Å². The van der Waals surface area contributed by atoms with Crippen LogP contribution in [0.25, 0.3) is 0 Å². The molecule has 128 valence electrons. The summed E-state index contributed by atoms with van der Waals surface area (Å²) in [5.41, 5.74) is 0.491. The van der Waals surface area contributed by atoms with Crippen molar-refractivity contribution in [3.05, 3.63) is 24.0 Å². The van der Waals surface area contributed by atoms with E-state index in [9.17, 15) is 9.59 Å². The molecule has 3 rings (SSSR count). The van der Waals surface area contributed by atoms with Crippen molar-refractivity contribution in [2.75, 3.05) is 20.8 Å². The molecule has 0 unspecified atom stereocenters. The van der Waals surface area contributed by atoms with Crippen LogP contribution in [-0.2, 0) is 18.7 Å². The van der Waals surface area contributed by atoms with Gasteiger partial charge in [0.25, 0.3) is 0 Å². The van der Waals surface area contributed by atoms with Crippen molar-refractivity contribution in [3.8, 4) is 0 Å². The molecule has 3 atom stereocenters. The van der Waals surface area contributed by atoms with Gasteiger partial charge >= 0.3 is 12.1 Å². The fraction of sp³-hybridized carbons (Fsp3) is 0.625. The average molecular weight is 339 g/mol. The first-order chi connectivity index (χ1) is 10.7. The highest BCUT2D eigenvalue weighted by molar-refractivity contribution is 6.70. The molecule has 7 heteroatoms. The molecule has 2 heterocycles. The number of carbonyl (C=O) groups is 2. The van der Waals surface area contributed by atoms with Crippen LogP contribution in [0.3, 0.4) is 0 Å². The van der Waals surface area contributed by atoms with Gasteiger partial charge in [0, 0.05) is 12.5 Å². The van der Waals surface area contributed by atoms with Gasteiger partial charge in [0.2, 0.25) is 8.32 Å². The number of amides is 1. The first kappa shape index (κ1) is 17.6. The Labute approximate surface area is 138 Å². The number of hydrogen-bond donors (Lipinski definition) is 0. The molecule has 0 aromatic rings. The Morgan fingerprint density at radius 1 is 1.26 bits per heavy atom. The molecular formula is C16H25NO5Si. The molecule has 1 saturated heterocycles. The van der Waals surface area contributed by atoms with Crippen LogP contribution < -0.4 is 0 Å². The number of esters is 1. The normalized spacial score (nSPS) is 26.4. The molecule has 0 aromatic carbocycles. The lowest BCUT2D eigenvalue weighted by Gasteiger charge is -2.48. The molecule has 6 nitrogen and oxygen atoms in total. The van der Waals surface area contributed by atoms with E-state index in [-0.39, 0.29) is 11.8 Å². The fourth-order valence-corrected chi connectivity index (χ4v) is 4.30. The summed E-state index contributed by atoms with van der Waals surface area (Å²) in [5.74, 6) is 0.167. The van der Waals surface area contributed by atoms with E-state index in [1.807, 2.05) is 6.08 Å². The van der Waals surface area contributed by atoms with Crippen molar-refractivity contribution in [2.24, 2.45) is 11.8 Å². The average Bonchev–Trinajstić information content (AvgIpc) is 2.51. The summed E-state index contributed by atoms with van der Waals surface area (Å²) in [5, 5.41) is 0. The first-order valence-corrected chi connectivity index (χ1v) is 11.1. The maximum absolute atomic E-state index is 12.1. The van der Waals surface area contributed by atoms with Crippen LogP contribution in [0.4, 0.5) is 4.79 Å². The largest absolute Gasteiger partial charge is 0.547 e. The van der Waals surface area contributed by atoms with Gasteiger partial charge in [-0.3, -0.25) is 4.90 Å². The molecule has 23 heavy (non-hydrogen) atoms. The number of carbonyl (C=O) groups excluding carboxylic acids is 2. The van der Waals surface area contributed by atoms with Crippen LogP contribution in [0.5, 0.6) is 0 Å². The Hall–Kier alpha value is -1.76. The summed E-state index contributed by atoms with van der Waals surface area (Å²) in [6, 6.07) is -0.441.